The van der Waals surface area contributed by atoms with Crippen molar-refractivity contribution in [3.63, 3.8) is 0 Å². The molecule has 4 rings (SSSR count). The molecule has 0 fully saturated rings. The number of thioether (sulfide) groups is 1. The minimum absolute atomic E-state index is 0.0801. The van der Waals surface area contributed by atoms with E-state index in [-0.39, 0.29) is 22.2 Å². The molecule has 0 heterocycles. The number of halogens is 1. The number of benzene rings is 4. The molecule has 1 unspecified atom stereocenters. The maximum atomic E-state index is 13.3. The summed E-state index contributed by atoms with van der Waals surface area (Å²) in [7, 11) is 0. The Kier molecular flexibility index (Phi) is 10.4. The van der Waals surface area contributed by atoms with Crippen LogP contribution < -0.4 is 16.0 Å². The SMILES string of the molecule is Cc1ccccc1/C=C(\NC(=O)c1ccccc1)C(=O)Nc1ccc(SC(C)C(=O)Nc2ccc(Cl)c(C(=O)O)c2)cc1. The Labute approximate surface area is 258 Å². The number of anilines is 2. The van der Waals surface area contributed by atoms with Crippen LogP contribution in [0.25, 0.3) is 6.08 Å². The Hall–Kier alpha value is -4.86. The number of amides is 3. The molecule has 218 valence electrons. The van der Waals surface area contributed by atoms with E-state index in [9.17, 15) is 24.3 Å². The van der Waals surface area contributed by atoms with Gasteiger partial charge in [-0.15, -0.1) is 11.8 Å². The molecule has 3 amide bonds. The topological polar surface area (TPSA) is 125 Å². The average molecular weight is 614 g/mol. The molecule has 8 nitrogen and oxygen atoms in total. The summed E-state index contributed by atoms with van der Waals surface area (Å²) in [6, 6.07) is 27.3. The lowest BCUT2D eigenvalue weighted by molar-refractivity contribution is -0.115. The van der Waals surface area contributed by atoms with Crippen LogP contribution in [0, 0.1) is 6.92 Å². The Bertz CT molecular complexity index is 1690. The van der Waals surface area contributed by atoms with E-state index in [0.29, 0.717) is 16.9 Å². The van der Waals surface area contributed by atoms with Gasteiger partial charge in [-0.1, -0.05) is 54.1 Å². The third kappa shape index (κ3) is 8.57. The van der Waals surface area contributed by atoms with Gasteiger partial charge in [-0.2, -0.15) is 0 Å². The number of carbonyl (C=O) groups excluding carboxylic acids is 3. The van der Waals surface area contributed by atoms with E-state index in [1.165, 1.54) is 30.0 Å². The summed E-state index contributed by atoms with van der Waals surface area (Å²) in [6.07, 6.45) is 1.64. The Morgan fingerprint density at radius 3 is 2.16 bits per heavy atom. The first kappa shape index (κ1) is 31.1. The lowest BCUT2D eigenvalue weighted by atomic mass is 10.1. The largest absolute Gasteiger partial charge is 0.478 e. The molecule has 4 aromatic rings. The van der Waals surface area contributed by atoms with Gasteiger partial charge in [-0.3, -0.25) is 14.4 Å². The number of aromatic carboxylic acids is 1. The first-order valence-electron chi connectivity index (χ1n) is 13.2. The van der Waals surface area contributed by atoms with Crippen LogP contribution in [-0.2, 0) is 9.59 Å². The van der Waals surface area contributed by atoms with Gasteiger partial charge < -0.3 is 21.1 Å². The molecule has 0 saturated heterocycles. The van der Waals surface area contributed by atoms with Gasteiger partial charge in [0.15, 0.2) is 0 Å². The number of hydrogen-bond acceptors (Lipinski definition) is 5. The minimum atomic E-state index is -1.19. The second-order valence-corrected chi connectivity index (χ2v) is 11.3. The molecule has 0 aliphatic rings. The van der Waals surface area contributed by atoms with E-state index >= 15 is 0 Å². The molecule has 0 spiro atoms. The maximum absolute atomic E-state index is 13.3. The van der Waals surface area contributed by atoms with Crippen molar-refractivity contribution in [2.75, 3.05) is 10.6 Å². The molecule has 0 aliphatic carbocycles. The number of aryl methyl sites for hydroxylation is 1. The van der Waals surface area contributed by atoms with E-state index in [2.05, 4.69) is 16.0 Å². The molecule has 0 bridgehead atoms. The summed E-state index contributed by atoms with van der Waals surface area (Å²) in [6.45, 7) is 3.64. The Morgan fingerprint density at radius 1 is 0.837 bits per heavy atom. The van der Waals surface area contributed by atoms with Gasteiger partial charge in [0, 0.05) is 21.8 Å². The van der Waals surface area contributed by atoms with Crippen LogP contribution in [0.4, 0.5) is 11.4 Å². The summed E-state index contributed by atoms with van der Waals surface area (Å²) in [5.41, 5.74) is 2.96. The van der Waals surface area contributed by atoms with Gasteiger partial charge in [0.05, 0.1) is 15.8 Å². The van der Waals surface area contributed by atoms with E-state index in [0.717, 1.165) is 16.0 Å². The molecule has 43 heavy (non-hydrogen) atoms. The third-order valence-electron chi connectivity index (χ3n) is 6.28. The van der Waals surface area contributed by atoms with E-state index < -0.39 is 23.0 Å². The number of nitrogens with one attached hydrogen (secondary N) is 3. The van der Waals surface area contributed by atoms with E-state index in [1.807, 2.05) is 31.2 Å². The summed E-state index contributed by atoms with van der Waals surface area (Å²) >= 11 is 7.20. The van der Waals surface area contributed by atoms with Crippen LogP contribution in [-0.4, -0.2) is 34.0 Å². The van der Waals surface area contributed by atoms with Gasteiger partial charge in [0.25, 0.3) is 11.8 Å². The van der Waals surface area contributed by atoms with Crippen molar-refractivity contribution in [3.05, 3.63) is 130 Å². The van der Waals surface area contributed by atoms with Crippen LogP contribution in [0.5, 0.6) is 0 Å². The Balaban J connectivity index is 1.43. The highest BCUT2D eigenvalue weighted by Crippen LogP contribution is 2.27. The molecule has 1 atom stereocenters. The third-order valence-corrected chi connectivity index (χ3v) is 7.72. The molecule has 4 aromatic carbocycles. The summed E-state index contributed by atoms with van der Waals surface area (Å²) < 4.78 is 0. The van der Waals surface area contributed by atoms with Crippen molar-refractivity contribution < 1.29 is 24.3 Å². The summed E-state index contributed by atoms with van der Waals surface area (Å²) in [5.74, 6) is -2.41. The van der Waals surface area contributed by atoms with E-state index in [4.69, 9.17) is 11.6 Å². The molecule has 0 aliphatic heterocycles. The van der Waals surface area contributed by atoms with Crippen LogP contribution in [0.2, 0.25) is 5.02 Å². The van der Waals surface area contributed by atoms with Crippen LogP contribution >= 0.6 is 23.4 Å². The first-order chi connectivity index (χ1) is 20.6. The van der Waals surface area contributed by atoms with Gasteiger partial charge in [0.2, 0.25) is 5.91 Å². The highest BCUT2D eigenvalue weighted by atomic mass is 35.5. The van der Waals surface area contributed by atoms with Crippen LogP contribution in [0.3, 0.4) is 0 Å². The number of rotatable bonds is 10. The fourth-order valence-electron chi connectivity index (χ4n) is 3.93. The van der Waals surface area contributed by atoms with Gasteiger partial charge in [0.1, 0.15) is 5.70 Å². The molecule has 0 saturated carbocycles. The monoisotopic (exact) mass is 613 g/mol. The fraction of sp³-hybridized carbons (Fsp3) is 0.0909. The fourth-order valence-corrected chi connectivity index (χ4v) is 5.00. The predicted octanol–water partition coefficient (Wildman–Crippen LogP) is 6.88. The molecule has 0 aromatic heterocycles. The zero-order chi connectivity index (χ0) is 30.9. The lowest BCUT2D eigenvalue weighted by Gasteiger charge is -2.14. The highest BCUT2D eigenvalue weighted by Gasteiger charge is 2.18. The second kappa shape index (κ2) is 14.4. The number of hydrogen-bond donors (Lipinski definition) is 4. The Morgan fingerprint density at radius 2 is 1.49 bits per heavy atom. The van der Waals surface area contributed by atoms with Crippen molar-refractivity contribution in [2.24, 2.45) is 0 Å². The summed E-state index contributed by atoms with van der Waals surface area (Å²) in [4.78, 5) is 51.0. The van der Waals surface area contributed by atoms with Crippen molar-refractivity contribution in [2.45, 2.75) is 24.0 Å². The highest BCUT2D eigenvalue weighted by molar-refractivity contribution is 8.00. The van der Waals surface area contributed by atoms with Crippen LogP contribution in [0.1, 0.15) is 38.8 Å². The standard InChI is InChI=1S/C33H28ClN3O5S/c1-20-8-6-7-11-23(20)18-29(37-31(39)22-9-4-3-5-10-22)32(40)35-24-12-15-26(16-13-24)43-21(2)30(38)36-25-14-17-28(34)27(19-25)33(41)42/h3-19,21H,1-2H3,(H,35,40)(H,36,38)(H,37,39)(H,41,42)/b29-18-. The average Bonchev–Trinajstić information content (AvgIpc) is 3.00. The molecular formula is C33H28ClN3O5S. The van der Waals surface area contributed by atoms with Gasteiger partial charge in [-0.25, -0.2) is 4.79 Å². The number of carboxylic acids is 1. The summed E-state index contributed by atoms with van der Waals surface area (Å²) in [5, 5.41) is 17.1. The molecule has 10 heteroatoms. The molecule has 0 radical (unpaired) electrons. The zero-order valence-electron chi connectivity index (χ0n) is 23.3. The lowest BCUT2D eigenvalue weighted by Crippen LogP contribution is -2.30. The minimum Gasteiger partial charge on any atom is -0.478 e. The van der Waals surface area contributed by atoms with E-state index in [1.54, 1.807) is 67.6 Å². The van der Waals surface area contributed by atoms with Crippen molar-refractivity contribution in [3.8, 4) is 0 Å². The van der Waals surface area contributed by atoms with Crippen molar-refractivity contribution >= 4 is 64.5 Å². The maximum Gasteiger partial charge on any atom is 0.337 e. The zero-order valence-corrected chi connectivity index (χ0v) is 24.8. The second-order valence-electron chi connectivity index (χ2n) is 9.46. The van der Waals surface area contributed by atoms with Gasteiger partial charge in [-0.05, 0) is 85.6 Å². The predicted molar refractivity (Wildman–Crippen MR) is 170 cm³/mol. The van der Waals surface area contributed by atoms with Crippen molar-refractivity contribution in [1.82, 2.24) is 5.32 Å². The number of carbonyl (C=O) groups is 4. The van der Waals surface area contributed by atoms with Gasteiger partial charge >= 0.3 is 5.97 Å². The number of carboxylic acid groups (broad SMARTS) is 1. The molecular weight excluding hydrogens is 586 g/mol. The molecule has 4 N–H and O–H groups in total. The van der Waals surface area contributed by atoms with Crippen molar-refractivity contribution in [1.29, 1.82) is 0 Å². The van der Waals surface area contributed by atoms with Crippen LogP contribution in [0.15, 0.2) is 108 Å². The smallest absolute Gasteiger partial charge is 0.337 e. The first-order valence-corrected chi connectivity index (χ1v) is 14.4. The quantitative estimate of drug-likeness (QED) is 0.114. The normalized spacial score (nSPS) is 11.7.